The van der Waals surface area contributed by atoms with Crippen molar-refractivity contribution < 1.29 is 154 Å². The summed E-state index contributed by atoms with van der Waals surface area (Å²) in [6, 6.07) is 0. The van der Waals surface area contributed by atoms with Gasteiger partial charge >= 0.3 is 5.97 Å². The van der Waals surface area contributed by atoms with Crippen LogP contribution in [0.25, 0.3) is 0 Å². The molecule has 0 spiro atoms. The Balaban J connectivity index is 1.31. The largest absolute Gasteiger partial charge is 0.481 e. The van der Waals surface area contributed by atoms with Gasteiger partial charge in [-0.2, -0.15) is 0 Å². The van der Waals surface area contributed by atoms with E-state index < -0.39 is 223 Å². The lowest BCUT2D eigenvalue weighted by atomic mass is 9.95. The van der Waals surface area contributed by atoms with E-state index in [1.54, 1.807) is 0 Å². The molecule has 18 N–H and O–H groups in total. The molecule has 0 saturated carbocycles. The second kappa shape index (κ2) is 33.2. The number of aliphatic carboxylic acids is 1. The van der Waals surface area contributed by atoms with Gasteiger partial charge in [-0.1, -0.05) is 64.7 Å². The first-order valence-electron chi connectivity index (χ1n) is 28.9. The number of hydrogen-bond donors (Lipinski definition) is 18. The highest BCUT2D eigenvalue weighted by Gasteiger charge is 2.58. The lowest BCUT2D eigenvalue weighted by Gasteiger charge is -2.51. The van der Waals surface area contributed by atoms with Gasteiger partial charge in [0.2, 0.25) is 0 Å². The van der Waals surface area contributed by atoms with Crippen molar-refractivity contribution in [3.05, 3.63) is 0 Å². The van der Waals surface area contributed by atoms with E-state index in [-0.39, 0.29) is 6.42 Å². The molecule has 6 fully saturated rings. The predicted octanol–water partition coefficient (Wildman–Crippen LogP) is -6.48. The van der Waals surface area contributed by atoms with E-state index in [0.29, 0.717) is 25.7 Å². The number of rotatable bonds is 30. The summed E-state index contributed by atoms with van der Waals surface area (Å²) in [5.74, 6) is -0.840. The van der Waals surface area contributed by atoms with E-state index in [9.17, 15) is 91.6 Å². The number of aliphatic hydroxyl groups is 17. The molecule has 486 valence electrons. The first-order chi connectivity index (χ1) is 39.5. The van der Waals surface area contributed by atoms with Crippen LogP contribution in [0.4, 0.5) is 0 Å². The molecule has 6 saturated heterocycles. The molecular formula is C52H92O31. The summed E-state index contributed by atoms with van der Waals surface area (Å²) in [5.41, 5.74) is 0. The van der Waals surface area contributed by atoms with Gasteiger partial charge in [0.05, 0.1) is 44.7 Å². The van der Waals surface area contributed by atoms with E-state index >= 15 is 0 Å². The topological polar surface area (TPSA) is 492 Å². The molecule has 0 bridgehead atoms. The zero-order valence-electron chi connectivity index (χ0n) is 46.8. The molecule has 6 heterocycles. The van der Waals surface area contributed by atoms with E-state index in [1.807, 2.05) is 6.92 Å². The van der Waals surface area contributed by atoms with Gasteiger partial charge in [0, 0.05) is 6.42 Å². The minimum Gasteiger partial charge on any atom is -0.481 e. The zero-order chi connectivity index (χ0) is 61.0. The molecule has 0 amide bonds. The van der Waals surface area contributed by atoms with Crippen LogP contribution in [-0.2, 0) is 61.6 Å². The lowest BCUT2D eigenvalue weighted by Crippen LogP contribution is -2.69. The number of hydrogen-bond acceptors (Lipinski definition) is 30. The summed E-state index contributed by atoms with van der Waals surface area (Å²) >= 11 is 0. The quantitative estimate of drug-likeness (QED) is 0.0297. The molecule has 31 heteroatoms. The normalized spacial score (nSPS) is 45.7. The summed E-state index contributed by atoms with van der Waals surface area (Å²) in [4.78, 5) is 10.9. The van der Waals surface area contributed by atoms with Crippen molar-refractivity contribution in [1.82, 2.24) is 0 Å². The van der Waals surface area contributed by atoms with Crippen molar-refractivity contribution in [1.29, 1.82) is 0 Å². The Morgan fingerprint density at radius 2 is 0.807 bits per heavy atom. The fraction of sp³-hybridized carbons (Fsp3) is 0.981. The molecule has 6 aliphatic heterocycles. The summed E-state index contributed by atoms with van der Waals surface area (Å²) in [6.45, 7) is 1.31. The third-order valence-corrected chi connectivity index (χ3v) is 16.2. The fourth-order valence-electron chi connectivity index (χ4n) is 11.0. The van der Waals surface area contributed by atoms with Crippen LogP contribution in [0.15, 0.2) is 0 Å². The molecule has 83 heavy (non-hydrogen) atoms. The Morgan fingerprint density at radius 1 is 0.386 bits per heavy atom. The van der Waals surface area contributed by atoms with Crippen molar-refractivity contribution in [2.24, 2.45) is 0 Å². The van der Waals surface area contributed by atoms with Crippen LogP contribution in [0, 0.1) is 0 Å². The second-order valence-corrected chi connectivity index (χ2v) is 22.4. The maximum absolute atomic E-state index is 12.0. The molecule has 0 radical (unpaired) electrons. The highest BCUT2D eigenvalue weighted by atomic mass is 16.8. The number of carbonyl (C=O) groups is 1. The van der Waals surface area contributed by atoms with E-state index in [0.717, 1.165) is 51.4 Å². The number of carboxylic acid groups (broad SMARTS) is 1. The Kier molecular flexibility index (Phi) is 28.2. The zero-order valence-corrected chi connectivity index (χ0v) is 46.8. The third-order valence-electron chi connectivity index (χ3n) is 16.2. The summed E-state index contributed by atoms with van der Waals surface area (Å²) in [6.07, 6.45) is -46.3. The molecule has 0 aliphatic carbocycles. The van der Waals surface area contributed by atoms with Crippen LogP contribution in [0.1, 0.15) is 104 Å². The molecular weight excluding hydrogens is 1120 g/mol. The van der Waals surface area contributed by atoms with E-state index in [4.69, 9.17) is 61.9 Å². The first kappa shape index (κ1) is 70.4. The average molecular weight is 1210 g/mol. The van der Waals surface area contributed by atoms with Crippen molar-refractivity contribution in [2.45, 2.75) is 295 Å². The minimum absolute atomic E-state index is 0.109. The molecule has 6 rings (SSSR count). The van der Waals surface area contributed by atoms with Gasteiger partial charge in [-0.25, -0.2) is 0 Å². The molecule has 6 aliphatic rings. The maximum Gasteiger partial charge on any atom is 0.303 e. The summed E-state index contributed by atoms with van der Waals surface area (Å²) in [7, 11) is 0. The van der Waals surface area contributed by atoms with Crippen LogP contribution < -0.4 is 0 Å². The molecule has 31 atom stereocenters. The van der Waals surface area contributed by atoms with Gasteiger partial charge in [0.15, 0.2) is 37.7 Å². The van der Waals surface area contributed by atoms with Gasteiger partial charge < -0.3 is 149 Å². The summed E-state index contributed by atoms with van der Waals surface area (Å²) < 4.78 is 72.1. The smallest absolute Gasteiger partial charge is 0.303 e. The number of carboxylic acids is 1. The third kappa shape index (κ3) is 17.8. The van der Waals surface area contributed by atoms with Crippen LogP contribution in [0.3, 0.4) is 0 Å². The standard InChI is InChI=1S/C52H92O31/c1-4-5-11-14-23(15-12-9-7-6-8-10-13-16-28(56)57)75-51-45(38(67)29(58)21(2)74-51)82-52-46(83-50-42(71)43(30(59)22(3)73-50)80-48-40(69)36(65)32(61)25(18-54)77-48)44(34(63)26(19-55)78-52)81-49-41(70)37(66)33(62)27(79-49)20-72-47-39(68)35(64)31(60)24(17-53)76-47/h21-27,29-55,58-71H,4-20H2,1-3H3,(H,56,57)/t21-,22+,23+,24-,25-,26-,27-,29-,30+,31-,32-,33-,34-,35+,36+,37+,38+,39-,40-,41-,42-,43-,44+,45-,46-,47-,48+,49+,50+,51+,52+/m1/s1. The van der Waals surface area contributed by atoms with Crippen LogP contribution in [0.2, 0.25) is 0 Å². The second-order valence-electron chi connectivity index (χ2n) is 22.4. The minimum atomic E-state index is -2.20. The molecule has 0 aromatic heterocycles. The molecule has 0 aromatic rings. The highest BCUT2D eigenvalue weighted by Crippen LogP contribution is 2.38. The van der Waals surface area contributed by atoms with Crippen molar-refractivity contribution in [3.63, 3.8) is 0 Å². The van der Waals surface area contributed by atoms with Gasteiger partial charge in [-0.15, -0.1) is 0 Å². The first-order valence-corrected chi connectivity index (χ1v) is 28.9. The van der Waals surface area contributed by atoms with E-state index in [1.165, 1.54) is 13.8 Å². The Morgan fingerprint density at radius 3 is 1.37 bits per heavy atom. The number of ether oxygens (including phenoxy) is 12. The Labute approximate surface area is 479 Å². The maximum atomic E-state index is 12.0. The van der Waals surface area contributed by atoms with Gasteiger partial charge in [0.25, 0.3) is 0 Å². The highest BCUT2D eigenvalue weighted by molar-refractivity contribution is 5.66. The lowest BCUT2D eigenvalue weighted by molar-refractivity contribution is -0.414. The Hall–Kier alpha value is -1.69. The van der Waals surface area contributed by atoms with Crippen molar-refractivity contribution in [3.8, 4) is 0 Å². The number of aliphatic hydroxyl groups excluding tert-OH is 17. The van der Waals surface area contributed by atoms with Crippen molar-refractivity contribution in [2.75, 3.05) is 26.4 Å². The molecule has 31 nitrogen and oxygen atoms in total. The monoisotopic (exact) mass is 1210 g/mol. The van der Waals surface area contributed by atoms with Crippen molar-refractivity contribution >= 4 is 5.97 Å². The predicted molar refractivity (Wildman–Crippen MR) is 272 cm³/mol. The van der Waals surface area contributed by atoms with Crippen LogP contribution in [0.5, 0.6) is 0 Å². The van der Waals surface area contributed by atoms with Crippen LogP contribution >= 0.6 is 0 Å². The summed E-state index contributed by atoms with van der Waals surface area (Å²) in [5, 5.41) is 194. The fourth-order valence-corrected chi connectivity index (χ4v) is 11.0. The Bertz CT molecular complexity index is 1860. The number of unbranched alkanes of at least 4 members (excludes halogenated alkanes) is 8. The average Bonchev–Trinajstić information content (AvgIpc) is 3.54. The SMILES string of the molecule is CCCCC[C@@H](CCCCCCCCCC(=O)O)O[C@@H]1O[C@H](C)[C@@H](O)[C@H](O)[C@H]1O[C@@H]1O[C@H](CO)[C@@H](O)[C@H](O[C@@H]2O[C@H](CO[C@@H]3O[C@H](CO)[C@@H](O)[C@H](O)[C@H]3O)[C@@H](O)[C@H](O)[C@H]2O)[C@H]1O[C@@H]1O[C@@H](C)[C@H](O)[C@@H](O[C@@H]2O[C@H](CO)[C@@H](O)[C@H](O)[C@H]2O)[C@H]1O. The van der Waals surface area contributed by atoms with Gasteiger partial charge in [0.1, 0.15) is 134 Å². The molecule has 0 unspecified atom stereocenters. The molecule has 0 aromatic carbocycles. The van der Waals surface area contributed by atoms with Gasteiger partial charge in [-0.3, -0.25) is 4.79 Å². The van der Waals surface area contributed by atoms with Crippen LogP contribution in [-0.4, -0.2) is 315 Å². The van der Waals surface area contributed by atoms with Gasteiger partial charge in [-0.05, 0) is 33.1 Å². The van der Waals surface area contributed by atoms with E-state index in [2.05, 4.69) is 0 Å².